The maximum Gasteiger partial charge on any atom is 0.343 e. The average molecular weight is 402 g/mol. The molecule has 3 aromatic carbocycles. The number of hydrogen-bond donors (Lipinski definition) is 0. The van der Waals surface area contributed by atoms with Gasteiger partial charge in [-0.2, -0.15) is 0 Å². The lowest BCUT2D eigenvalue weighted by Crippen LogP contribution is -2.09. The third kappa shape index (κ3) is 3.75. The third-order valence-electron chi connectivity index (χ3n) is 4.66. The van der Waals surface area contributed by atoms with Gasteiger partial charge in [0.1, 0.15) is 29.1 Å². The van der Waals surface area contributed by atoms with Crippen molar-refractivity contribution in [2.24, 2.45) is 0 Å². The summed E-state index contributed by atoms with van der Waals surface area (Å²) in [5, 5.41) is 0.393. The zero-order valence-electron chi connectivity index (χ0n) is 16.4. The molecular weight excluding hydrogens is 384 g/mol. The summed E-state index contributed by atoms with van der Waals surface area (Å²) in [5.74, 6) is 0.993. The Morgan fingerprint density at radius 1 is 0.833 bits per heavy atom. The fourth-order valence-corrected chi connectivity index (χ4v) is 3.06. The van der Waals surface area contributed by atoms with Crippen molar-refractivity contribution in [1.82, 2.24) is 0 Å². The molecule has 4 rings (SSSR count). The molecule has 0 spiro atoms. The van der Waals surface area contributed by atoms with E-state index in [1.54, 1.807) is 67.8 Å². The van der Waals surface area contributed by atoms with Gasteiger partial charge < -0.3 is 18.6 Å². The van der Waals surface area contributed by atoms with Crippen molar-refractivity contribution in [2.45, 2.75) is 0 Å². The maximum absolute atomic E-state index is 12.9. The van der Waals surface area contributed by atoms with E-state index in [1.165, 1.54) is 19.4 Å². The highest BCUT2D eigenvalue weighted by Gasteiger charge is 2.13. The molecule has 0 radical (unpaired) electrons. The standard InChI is InChI=1S/C24H18O6/c1-27-17-8-6-15(7-9-17)21-14-29-22-13-19(10-11-20(22)23(21)25)30-24(26)16-4-3-5-18(12-16)28-2/h3-14H,1-2H3. The number of carbonyl (C=O) groups is 1. The number of fused-ring (bicyclic) bond motifs is 1. The Hall–Kier alpha value is -4.06. The molecule has 30 heavy (non-hydrogen) atoms. The van der Waals surface area contributed by atoms with E-state index in [2.05, 4.69) is 0 Å². The molecule has 0 N–H and O–H groups in total. The lowest BCUT2D eigenvalue weighted by atomic mass is 10.1. The summed E-state index contributed by atoms with van der Waals surface area (Å²) in [6, 6.07) is 18.5. The highest BCUT2D eigenvalue weighted by Crippen LogP contribution is 2.25. The van der Waals surface area contributed by atoms with Crippen LogP contribution in [0.1, 0.15) is 10.4 Å². The van der Waals surface area contributed by atoms with Gasteiger partial charge in [0, 0.05) is 6.07 Å². The number of methoxy groups -OCH3 is 2. The number of esters is 1. The molecule has 150 valence electrons. The van der Waals surface area contributed by atoms with Crippen molar-refractivity contribution >= 4 is 16.9 Å². The Balaban J connectivity index is 1.63. The van der Waals surface area contributed by atoms with E-state index in [0.717, 1.165) is 5.56 Å². The summed E-state index contributed by atoms with van der Waals surface area (Å²) in [5.41, 5.74) is 1.66. The molecule has 0 aliphatic heterocycles. The van der Waals surface area contributed by atoms with Crippen LogP contribution in [0.15, 0.2) is 82.2 Å². The SMILES string of the molecule is COc1ccc(-c2coc3cc(OC(=O)c4cccc(OC)c4)ccc3c2=O)cc1. The highest BCUT2D eigenvalue weighted by atomic mass is 16.5. The zero-order valence-corrected chi connectivity index (χ0v) is 16.4. The topological polar surface area (TPSA) is 75.0 Å². The van der Waals surface area contributed by atoms with E-state index in [0.29, 0.717) is 33.6 Å². The Morgan fingerprint density at radius 2 is 1.57 bits per heavy atom. The average Bonchev–Trinajstić information content (AvgIpc) is 2.79. The summed E-state index contributed by atoms with van der Waals surface area (Å²) in [4.78, 5) is 25.3. The summed E-state index contributed by atoms with van der Waals surface area (Å²) in [6.45, 7) is 0. The second kappa shape index (κ2) is 8.13. The van der Waals surface area contributed by atoms with Crippen LogP contribution in [0.5, 0.6) is 17.2 Å². The molecule has 0 saturated heterocycles. The summed E-state index contributed by atoms with van der Waals surface area (Å²) >= 11 is 0. The van der Waals surface area contributed by atoms with Crippen LogP contribution in [-0.2, 0) is 0 Å². The van der Waals surface area contributed by atoms with E-state index < -0.39 is 5.97 Å². The molecule has 0 bridgehead atoms. The molecule has 0 aliphatic carbocycles. The normalized spacial score (nSPS) is 10.6. The van der Waals surface area contributed by atoms with Gasteiger partial charge in [-0.15, -0.1) is 0 Å². The van der Waals surface area contributed by atoms with Gasteiger partial charge in [-0.1, -0.05) is 18.2 Å². The first-order chi connectivity index (χ1) is 14.6. The first-order valence-corrected chi connectivity index (χ1v) is 9.15. The zero-order chi connectivity index (χ0) is 21.1. The fourth-order valence-electron chi connectivity index (χ4n) is 3.06. The lowest BCUT2D eigenvalue weighted by Gasteiger charge is -2.07. The Kier molecular flexibility index (Phi) is 5.22. The predicted octanol–water partition coefficient (Wildman–Crippen LogP) is 4.70. The summed E-state index contributed by atoms with van der Waals surface area (Å²) in [7, 11) is 3.11. The van der Waals surface area contributed by atoms with Gasteiger partial charge in [-0.3, -0.25) is 4.79 Å². The van der Waals surface area contributed by atoms with Crippen LogP contribution in [0.4, 0.5) is 0 Å². The monoisotopic (exact) mass is 402 g/mol. The van der Waals surface area contributed by atoms with Gasteiger partial charge in [0.2, 0.25) is 0 Å². The first-order valence-electron chi connectivity index (χ1n) is 9.15. The smallest absolute Gasteiger partial charge is 0.343 e. The van der Waals surface area contributed by atoms with E-state index in [-0.39, 0.29) is 11.2 Å². The molecule has 0 saturated carbocycles. The molecule has 1 aromatic heterocycles. The van der Waals surface area contributed by atoms with Gasteiger partial charge in [0.25, 0.3) is 0 Å². The summed E-state index contributed by atoms with van der Waals surface area (Å²) in [6.07, 6.45) is 1.40. The van der Waals surface area contributed by atoms with Gasteiger partial charge in [0.15, 0.2) is 5.43 Å². The Bertz CT molecular complexity index is 1270. The highest BCUT2D eigenvalue weighted by molar-refractivity contribution is 5.92. The molecule has 0 atom stereocenters. The van der Waals surface area contributed by atoms with Gasteiger partial charge in [-0.05, 0) is 48.0 Å². The molecule has 0 aliphatic rings. The largest absolute Gasteiger partial charge is 0.497 e. The van der Waals surface area contributed by atoms with Gasteiger partial charge in [-0.25, -0.2) is 4.79 Å². The van der Waals surface area contributed by atoms with Crippen LogP contribution in [0.3, 0.4) is 0 Å². The summed E-state index contributed by atoms with van der Waals surface area (Å²) < 4.78 is 21.3. The molecule has 6 heteroatoms. The molecule has 0 unspecified atom stereocenters. The lowest BCUT2D eigenvalue weighted by molar-refractivity contribution is 0.0734. The molecule has 0 fully saturated rings. The van der Waals surface area contributed by atoms with Crippen molar-refractivity contribution in [3.8, 4) is 28.4 Å². The maximum atomic E-state index is 12.9. The van der Waals surface area contributed by atoms with Crippen LogP contribution in [0.2, 0.25) is 0 Å². The van der Waals surface area contributed by atoms with Crippen LogP contribution in [0.25, 0.3) is 22.1 Å². The number of rotatable bonds is 5. The van der Waals surface area contributed by atoms with Crippen molar-refractivity contribution in [1.29, 1.82) is 0 Å². The fraction of sp³-hybridized carbons (Fsp3) is 0.0833. The number of benzene rings is 3. The number of ether oxygens (including phenoxy) is 3. The second-order valence-electron chi connectivity index (χ2n) is 6.49. The van der Waals surface area contributed by atoms with Crippen molar-refractivity contribution in [3.63, 3.8) is 0 Å². The van der Waals surface area contributed by atoms with E-state index in [4.69, 9.17) is 18.6 Å². The van der Waals surface area contributed by atoms with E-state index >= 15 is 0 Å². The van der Waals surface area contributed by atoms with Crippen molar-refractivity contribution in [3.05, 3.63) is 88.8 Å². The Morgan fingerprint density at radius 3 is 2.30 bits per heavy atom. The van der Waals surface area contributed by atoms with Gasteiger partial charge >= 0.3 is 5.97 Å². The molecule has 6 nitrogen and oxygen atoms in total. The second-order valence-corrected chi connectivity index (χ2v) is 6.49. The molecule has 1 heterocycles. The minimum atomic E-state index is -0.537. The van der Waals surface area contributed by atoms with Crippen molar-refractivity contribution < 1.29 is 23.4 Å². The van der Waals surface area contributed by atoms with Crippen LogP contribution in [-0.4, -0.2) is 20.2 Å². The van der Waals surface area contributed by atoms with Crippen molar-refractivity contribution in [2.75, 3.05) is 14.2 Å². The minimum absolute atomic E-state index is 0.174. The first kappa shape index (κ1) is 19.3. The predicted molar refractivity (Wildman–Crippen MR) is 112 cm³/mol. The minimum Gasteiger partial charge on any atom is -0.497 e. The van der Waals surface area contributed by atoms with Crippen LogP contribution < -0.4 is 19.6 Å². The molecule has 4 aromatic rings. The van der Waals surface area contributed by atoms with Crippen LogP contribution in [0, 0.1) is 0 Å². The van der Waals surface area contributed by atoms with Gasteiger partial charge in [0.05, 0.1) is 30.7 Å². The number of hydrogen-bond acceptors (Lipinski definition) is 6. The van der Waals surface area contributed by atoms with E-state index in [9.17, 15) is 9.59 Å². The number of carbonyl (C=O) groups excluding carboxylic acids is 1. The van der Waals surface area contributed by atoms with Crippen LogP contribution >= 0.6 is 0 Å². The molecular formula is C24H18O6. The molecule has 0 amide bonds. The van der Waals surface area contributed by atoms with E-state index in [1.807, 2.05) is 0 Å². The third-order valence-corrected chi connectivity index (χ3v) is 4.66. The quantitative estimate of drug-likeness (QED) is 0.356. The Labute approximate surface area is 172 Å².